The van der Waals surface area contributed by atoms with Crippen LogP contribution in [-0.2, 0) is 13.5 Å². The fourth-order valence-electron chi connectivity index (χ4n) is 1.99. The summed E-state index contributed by atoms with van der Waals surface area (Å²) in [5.41, 5.74) is 1.35. The van der Waals surface area contributed by atoms with Crippen molar-refractivity contribution < 1.29 is 23.0 Å². The average molecular weight is 300 g/mol. The summed E-state index contributed by atoms with van der Waals surface area (Å²) in [4.78, 5) is 0. The number of alkyl halides is 3. The zero-order valence-electron chi connectivity index (χ0n) is 11.3. The number of benzene rings is 1. The number of hydrogen-bond acceptors (Lipinski definition) is 3. The maximum atomic E-state index is 12.2. The van der Waals surface area contributed by atoms with Crippen LogP contribution in [0.4, 0.5) is 13.2 Å². The molecule has 114 valence electrons. The van der Waals surface area contributed by atoms with Gasteiger partial charge < -0.3 is 9.84 Å². The van der Waals surface area contributed by atoms with Crippen molar-refractivity contribution >= 4 is 0 Å². The topological polar surface area (TPSA) is 47.3 Å². The third kappa shape index (κ3) is 4.78. The van der Waals surface area contributed by atoms with Gasteiger partial charge in [0.25, 0.3) is 0 Å². The zero-order valence-corrected chi connectivity index (χ0v) is 11.3. The first-order valence-electron chi connectivity index (χ1n) is 6.35. The number of aliphatic hydroxyl groups excluding tert-OH is 1. The van der Waals surface area contributed by atoms with Crippen LogP contribution in [0.25, 0.3) is 0 Å². The molecule has 1 atom stereocenters. The fraction of sp³-hybridized carbons (Fsp3) is 0.357. The molecule has 2 aromatic rings. The molecule has 0 spiro atoms. The number of rotatable bonds is 5. The van der Waals surface area contributed by atoms with Crippen LogP contribution in [-0.4, -0.2) is 21.2 Å². The van der Waals surface area contributed by atoms with Crippen LogP contribution in [0.5, 0.6) is 5.75 Å². The molecule has 1 aromatic heterocycles. The van der Waals surface area contributed by atoms with Crippen molar-refractivity contribution in [1.82, 2.24) is 9.78 Å². The van der Waals surface area contributed by atoms with E-state index in [-0.39, 0.29) is 5.75 Å². The molecule has 1 N–H and O–H groups in total. The van der Waals surface area contributed by atoms with Crippen molar-refractivity contribution in [1.29, 1.82) is 0 Å². The van der Waals surface area contributed by atoms with Gasteiger partial charge in [-0.2, -0.15) is 5.10 Å². The number of ether oxygens (including phenoxy) is 1. The lowest BCUT2D eigenvalue weighted by molar-refractivity contribution is -0.274. The van der Waals surface area contributed by atoms with Crippen molar-refractivity contribution in [3.8, 4) is 5.75 Å². The first kappa shape index (κ1) is 15.4. The molecular formula is C14H15F3N2O2. The lowest BCUT2D eigenvalue weighted by Gasteiger charge is -2.13. The molecular weight excluding hydrogens is 285 g/mol. The van der Waals surface area contributed by atoms with E-state index in [1.807, 2.05) is 6.20 Å². The first-order chi connectivity index (χ1) is 9.83. The van der Waals surface area contributed by atoms with Crippen molar-refractivity contribution in [3.63, 3.8) is 0 Å². The van der Waals surface area contributed by atoms with Gasteiger partial charge >= 0.3 is 6.36 Å². The van der Waals surface area contributed by atoms with Gasteiger partial charge in [0, 0.05) is 13.2 Å². The molecule has 0 aliphatic heterocycles. The number of aliphatic hydroxyl groups is 1. The van der Waals surface area contributed by atoms with Crippen molar-refractivity contribution in [2.45, 2.75) is 25.3 Å². The molecule has 0 radical (unpaired) electrons. The molecule has 0 amide bonds. The van der Waals surface area contributed by atoms with E-state index in [9.17, 15) is 18.3 Å². The Hall–Kier alpha value is -2.02. The molecule has 0 aliphatic carbocycles. The van der Waals surface area contributed by atoms with Crippen molar-refractivity contribution in [2.24, 2.45) is 7.05 Å². The lowest BCUT2D eigenvalue weighted by Crippen LogP contribution is -2.17. The summed E-state index contributed by atoms with van der Waals surface area (Å²) in [5.74, 6) is -0.333. The van der Waals surface area contributed by atoms with E-state index in [2.05, 4.69) is 9.84 Å². The fourth-order valence-corrected chi connectivity index (χ4v) is 1.99. The van der Waals surface area contributed by atoms with Gasteiger partial charge in [-0.3, -0.25) is 4.68 Å². The molecule has 21 heavy (non-hydrogen) atoms. The summed E-state index contributed by atoms with van der Waals surface area (Å²) in [6.07, 6.45) is -1.10. The summed E-state index contributed by atoms with van der Waals surface area (Å²) in [7, 11) is 1.79. The van der Waals surface area contributed by atoms with Gasteiger partial charge in [0.2, 0.25) is 0 Å². The second kappa shape index (κ2) is 6.17. The Morgan fingerprint density at radius 1 is 1.38 bits per heavy atom. The number of aryl methyl sites for hydroxylation is 2. The Bertz CT molecular complexity index is 596. The van der Waals surface area contributed by atoms with E-state index in [1.54, 1.807) is 24.0 Å². The third-order valence-corrected chi connectivity index (χ3v) is 2.94. The van der Waals surface area contributed by atoms with Gasteiger partial charge in [0.1, 0.15) is 5.75 Å². The highest BCUT2D eigenvalue weighted by molar-refractivity contribution is 5.30. The van der Waals surface area contributed by atoms with Crippen LogP contribution < -0.4 is 4.74 Å². The number of aromatic nitrogens is 2. The van der Waals surface area contributed by atoms with E-state index in [0.717, 1.165) is 5.56 Å². The van der Waals surface area contributed by atoms with Gasteiger partial charge in [0.15, 0.2) is 0 Å². The normalized spacial score (nSPS) is 13.2. The Morgan fingerprint density at radius 3 is 2.76 bits per heavy atom. The van der Waals surface area contributed by atoms with Crippen LogP contribution in [0.1, 0.15) is 23.7 Å². The molecule has 1 aromatic carbocycles. The predicted molar refractivity (Wildman–Crippen MR) is 69.6 cm³/mol. The zero-order chi connectivity index (χ0) is 15.5. The van der Waals surface area contributed by atoms with E-state index in [0.29, 0.717) is 18.4 Å². The van der Waals surface area contributed by atoms with E-state index in [4.69, 9.17) is 0 Å². The van der Waals surface area contributed by atoms with Crippen LogP contribution in [0, 0.1) is 0 Å². The van der Waals surface area contributed by atoms with E-state index < -0.39 is 12.5 Å². The largest absolute Gasteiger partial charge is 0.573 e. The quantitative estimate of drug-likeness (QED) is 0.923. The SMILES string of the molecule is Cn1cc(CCC(O)c2cccc(OC(F)(F)F)c2)cn1. The van der Waals surface area contributed by atoms with E-state index >= 15 is 0 Å². The molecule has 4 nitrogen and oxygen atoms in total. The first-order valence-corrected chi connectivity index (χ1v) is 6.35. The molecule has 1 heterocycles. The second-order valence-electron chi connectivity index (χ2n) is 4.70. The molecule has 0 saturated carbocycles. The highest BCUT2D eigenvalue weighted by Gasteiger charge is 2.31. The number of hydrogen-bond donors (Lipinski definition) is 1. The maximum absolute atomic E-state index is 12.2. The molecule has 0 fully saturated rings. The smallest absolute Gasteiger partial charge is 0.406 e. The van der Waals surface area contributed by atoms with Crippen LogP contribution >= 0.6 is 0 Å². The molecule has 7 heteroatoms. The standard InChI is InChI=1S/C14H15F3N2O2/c1-19-9-10(8-18-19)5-6-13(20)11-3-2-4-12(7-11)21-14(15,16)17/h2-4,7-9,13,20H,5-6H2,1H3. The van der Waals surface area contributed by atoms with Crippen molar-refractivity contribution in [2.75, 3.05) is 0 Å². The molecule has 0 aliphatic rings. The predicted octanol–water partition coefficient (Wildman–Crippen LogP) is 2.98. The number of halogens is 3. The molecule has 1 unspecified atom stereocenters. The van der Waals surface area contributed by atoms with Gasteiger partial charge in [-0.05, 0) is 36.1 Å². The second-order valence-corrected chi connectivity index (χ2v) is 4.70. The summed E-state index contributed by atoms with van der Waals surface area (Å²) >= 11 is 0. The minimum atomic E-state index is -4.74. The Labute approximate surface area is 119 Å². The monoisotopic (exact) mass is 300 g/mol. The summed E-state index contributed by atoms with van der Waals surface area (Å²) in [6, 6.07) is 5.38. The lowest BCUT2D eigenvalue weighted by atomic mass is 10.0. The minimum absolute atomic E-state index is 0.333. The highest BCUT2D eigenvalue weighted by atomic mass is 19.4. The Morgan fingerprint density at radius 2 is 2.14 bits per heavy atom. The Balaban J connectivity index is 1.98. The highest BCUT2D eigenvalue weighted by Crippen LogP contribution is 2.27. The molecule has 2 rings (SSSR count). The number of nitrogens with zero attached hydrogens (tertiary/aromatic N) is 2. The molecule has 0 bridgehead atoms. The third-order valence-electron chi connectivity index (χ3n) is 2.94. The van der Waals surface area contributed by atoms with Gasteiger partial charge in [-0.15, -0.1) is 13.2 Å². The summed E-state index contributed by atoms with van der Waals surface area (Å²) < 4.78 is 41.9. The maximum Gasteiger partial charge on any atom is 0.573 e. The van der Waals surface area contributed by atoms with Gasteiger partial charge in [-0.25, -0.2) is 0 Å². The molecule has 0 saturated heterocycles. The van der Waals surface area contributed by atoms with Gasteiger partial charge in [0.05, 0.1) is 12.3 Å². The Kier molecular flexibility index (Phi) is 4.52. The van der Waals surface area contributed by atoms with E-state index in [1.165, 1.54) is 18.2 Å². The summed E-state index contributed by atoms with van der Waals surface area (Å²) in [5, 5.41) is 14.1. The van der Waals surface area contributed by atoms with Gasteiger partial charge in [-0.1, -0.05) is 12.1 Å². The van der Waals surface area contributed by atoms with Crippen molar-refractivity contribution in [3.05, 3.63) is 47.8 Å². The van der Waals surface area contributed by atoms with Crippen LogP contribution in [0.15, 0.2) is 36.7 Å². The van der Waals surface area contributed by atoms with Crippen LogP contribution in [0.3, 0.4) is 0 Å². The van der Waals surface area contributed by atoms with Crippen LogP contribution in [0.2, 0.25) is 0 Å². The average Bonchev–Trinajstić information content (AvgIpc) is 2.80. The minimum Gasteiger partial charge on any atom is -0.406 e. The summed E-state index contributed by atoms with van der Waals surface area (Å²) in [6.45, 7) is 0.